The normalized spacial score (nSPS) is 10.9. The Kier molecular flexibility index (Phi) is 3.25. The van der Waals surface area contributed by atoms with Crippen LogP contribution >= 0.6 is 0 Å². The topological polar surface area (TPSA) is 66.8 Å². The van der Waals surface area contributed by atoms with Gasteiger partial charge in [-0.1, -0.05) is 0 Å². The summed E-state index contributed by atoms with van der Waals surface area (Å²) in [5, 5.41) is 16.2. The highest BCUT2D eigenvalue weighted by molar-refractivity contribution is 5.58. The predicted molar refractivity (Wildman–Crippen MR) is 28.6 cm³/mol. The molecular weight excluding hydrogens is 124 g/mol. The third-order valence-electron chi connectivity index (χ3n) is 0.406. The molecule has 1 unspecified atom stereocenters. The number of rotatable bonds is 0. The predicted octanol–water partition coefficient (Wildman–Crippen LogP) is 0.0227. The van der Waals surface area contributed by atoms with Crippen molar-refractivity contribution in [3.63, 3.8) is 0 Å². The van der Waals surface area contributed by atoms with E-state index in [0.29, 0.717) is 0 Å². The van der Waals surface area contributed by atoms with Crippen molar-refractivity contribution in [2.75, 3.05) is 0 Å². The Bertz CT molecular complexity index is 150. The minimum absolute atomic E-state index is 0.857. The zero-order valence-corrected chi connectivity index (χ0v) is 4.79. The van der Waals surface area contributed by atoms with Gasteiger partial charge in [0.25, 0.3) is 0 Å². The van der Waals surface area contributed by atoms with Crippen molar-refractivity contribution in [1.29, 1.82) is 0 Å². The summed E-state index contributed by atoms with van der Waals surface area (Å²) in [6.45, 7) is 1.40. The van der Waals surface area contributed by atoms with Gasteiger partial charge in [-0.25, -0.2) is 4.79 Å². The number of aliphatic hydroxyl groups excluding tert-OH is 1. The maximum atomic E-state index is 9.57. The largest absolute Gasteiger partial charge is 0.520 e. The first-order valence-electron chi connectivity index (χ1n) is 2.21. The Balaban J connectivity index is 3.50. The van der Waals surface area contributed by atoms with Crippen molar-refractivity contribution in [1.82, 2.24) is 0 Å². The number of aliphatic hydroxyl groups is 1. The SMILES string of the molecule is CC(O)C#COC(=O)O. The van der Waals surface area contributed by atoms with Gasteiger partial charge in [-0.3, -0.25) is 0 Å². The highest BCUT2D eigenvalue weighted by atomic mass is 16.7. The van der Waals surface area contributed by atoms with Crippen molar-refractivity contribution in [3.8, 4) is 12.0 Å². The molecule has 0 amide bonds. The lowest BCUT2D eigenvalue weighted by atomic mass is 10.4. The van der Waals surface area contributed by atoms with Gasteiger partial charge in [-0.05, 0) is 12.8 Å². The molecule has 0 bridgehead atoms. The minimum atomic E-state index is -1.47. The molecule has 50 valence electrons. The van der Waals surface area contributed by atoms with Gasteiger partial charge in [0.15, 0.2) is 0 Å². The first-order valence-corrected chi connectivity index (χ1v) is 2.21. The summed E-state index contributed by atoms with van der Waals surface area (Å²) in [6.07, 6.45) is -0.542. The van der Waals surface area contributed by atoms with Crippen LogP contribution < -0.4 is 0 Å². The smallest absolute Gasteiger partial charge is 0.449 e. The lowest BCUT2D eigenvalue weighted by molar-refractivity contribution is 0.134. The van der Waals surface area contributed by atoms with Crippen molar-refractivity contribution < 1.29 is 19.7 Å². The average molecular weight is 130 g/mol. The Labute approximate surface area is 52.1 Å². The summed E-state index contributed by atoms with van der Waals surface area (Å²) in [5.74, 6) is 2.08. The monoisotopic (exact) mass is 130 g/mol. The molecule has 4 nitrogen and oxygen atoms in total. The van der Waals surface area contributed by atoms with E-state index in [1.807, 2.05) is 0 Å². The molecule has 0 rings (SSSR count). The van der Waals surface area contributed by atoms with E-state index in [1.165, 1.54) is 6.92 Å². The molecule has 0 saturated heterocycles. The van der Waals surface area contributed by atoms with Gasteiger partial charge in [0.05, 0.1) is 0 Å². The lowest BCUT2D eigenvalue weighted by Gasteiger charge is -1.85. The molecule has 1 atom stereocenters. The number of carboxylic acid groups (broad SMARTS) is 1. The third-order valence-corrected chi connectivity index (χ3v) is 0.406. The molecule has 0 aromatic carbocycles. The zero-order valence-electron chi connectivity index (χ0n) is 4.79. The van der Waals surface area contributed by atoms with Gasteiger partial charge in [0, 0.05) is 0 Å². The summed E-state index contributed by atoms with van der Waals surface area (Å²) in [5.41, 5.74) is 0. The Hall–Kier alpha value is -1.21. The lowest BCUT2D eigenvalue weighted by Crippen LogP contribution is -1.96. The van der Waals surface area contributed by atoms with Crippen molar-refractivity contribution in [3.05, 3.63) is 0 Å². The molecule has 4 heteroatoms. The second kappa shape index (κ2) is 3.75. The van der Waals surface area contributed by atoms with Crippen LogP contribution in [0.15, 0.2) is 0 Å². The fraction of sp³-hybridized carbons (Fsp3) is 0.400. The van der Waals surface area contributed by atoms with Crippen LogP contribution in [0.4, 0.5) is 4.79 Å². The fourth-order valence-corrected chi connectivity index (χ4v) is 0.158. The van der Waals surface area contributed by atoms with Gasteiger partial charge in [-0.2, -0.15) is 0 Å². The number of ether oxygens (including phenoxy) is 1. The van der Waals surface area contributed by atoms with Crippen LogP contribution in [0, 0.1) is 12.0 Å². The maximum Gasteiger partial charge on any atom is 0.520 e. The summed E-state index contributed by atoms with van der Waals surface area (Å²) in [4.78, 5) is 9.57. The van der Waals surface area contributed by atoms with Gasteiger partial charge in [-0.15, -0.1) is 0 Å². The van der Waals surface area contributed by atoms with E-state index >= 15 is 0 Å². The molecule has 0 aromatic rings. The molecule has 0 fully saturated rings. The molecule has 0 radical (unpaired) electrons. The Morgan fingerprint density at radius 1 is 1.78 bits per heavy atom. The van der Waals surface area contributed by atoms with E-state index in [4.69, 9.17) is 10.2 Å². The van der Waals surface area contributed by atoms with E-state index in [1.54, 1.807) is 6.11 Å². The highest BCUT2D eigenvalue weighted by Gasteiger charge is 1.89. The van der Waals surface area contributed by atoms with E-state index in [2.05, 4.69) is 10.7 Å². The van der Waals surface area contributed by atoms with Crippen LogP contribution in [-0.2, 0) is 4.74 Å². The van der Waals surface area contributed by atoms with Gasteiger partial charge >= 0.3 is 6.16 Å². The zero-order chi connectivity index (χ0) is 7.28. The summed E-state index contributed by atoms with van der Waals surface area (Å²) >= 11 is 0. The number of hydrogen-bond donors (Lipinski definition) is 2. The second-order valence-corrected chi connectivity index (χ2v) is 1.29. The molecular formula is C5H6O4. The highest BCUT2D eigenvalue weighted by Crippen LogP contribution is 1.74. The van der Waals surface area contributed by atoms with Crippen LogP contribution in [0.25, 0.3) is 0 Å². The summed E-state index contributed by atoms with van der Waals surface area (Å²) in [6, 6.07) is 0. The van der Waals surface area contributed by atoms with Crippen LogP contribution in [0.5, 0.6) is 0 Å². The molecule has 0 heterocycles. The first kappa shape index (κ1) is 7.79. The maximum absolute atomic E-state index is 9.57. The molecule has 0 aliphatic rings. The van der Waals surface area contributed by atoms with Crippen molar-refractivity contribution in [2.24, 2.45) is 0 Å². The van der Waals surface area contributed by atoms with Crippen LogP contribution in [0.3, 0.4) is 0 Å². The van der Waals surface area contributed by atoms with E-state index < -0.39 is 12.3 Å². The van der Waals surface area contributed by atoms with E-state index in [9.17, 15) is 4.79 Å². The molecule has 0 saturated carbocycles. The molecule has 9 heavy (non-hydrogen) atoms. The second-order valence-electron chi connectivity index (χ2n) is 1.29. The van der Waals surface area contributed by atoms with E-state index in [0.717, 1.165) is 0 Å². The van der Waals surface area contributed by atoms with Crippen LogP contribution in [0.1, 0.15) is 6.92 Å². The summed E-state index contributed by atoms with van der Waals surface area (Å²) < 4.78 is 3.75. The Morgan fingerprint density at radius 2 is 2.33 bits per heavy atom. The molecule has 0 spiro atoms. The quantitative estimate of drug-likeness (QED) is 0.358. The van der Waals surface area contributed by atoms with Gasteiger partial charge in [0.2, 0.25) is 0 Å². The molecule has 0 aliphatic heterocycles. The number of carbonyl (C=O) groups is 1. The first-order chi connectivity index (χ1) is 4.13. The molecule has 2 N–H and O–H groups in total. The standard InChI is InChI=1S/C5H6O4/c1-4(6)2-3-9-5(7)8/h4,6H,1H3,(H,7,8). The van der Waals surface area contributed by atoms with Crippen molar-refractivity contribution in [2.45, 2.75) is 13.0 Å². The summed E-state index contributed by atoms with van der Waals surface area (Å²) in [7, 11) is 0. The van der Waals surface area contributed by atoms with Crippen LogP contribution in [0.2, 0.25) is 0 Å². The molecule has 0 aliphatic carbocycles. The third kappa shape index (κ3) is 6.79. The number of hydrogen-bond acceptors (Lipinski definition) is 3. The van der Waals surface area contributed by atoms with Gasteiger partial charge in [0.1, 0.15) is 12.2 Å². The minimum Gasteiger partial charge on any atom is -0.449 e. The van der Waals surface area contributed by atoms with Crippen LogP contribution in [-0.4, -0.2) is 22.5 Å². The average Bonchev–Trinajstić information content (AvgIpc) is 1.63. The Morgan fingerprint density at radius 3 is 2.67 bits per heavy atom. The van der Waals surface area contributed by atoms with E-state index in [-0.39, 0.29) is 0 Å². The van der Waals surface area contributed by atoms with Gasteiger partial charge < -0.3 is 14.9 Å². The fourth-order valence-electron chi connectivity index (χ4n) is 0.158. The molecule has 0 aromatic heterocycles. The van der Waals surface area contributed by atoms with Crippen molar-refractivity contribution >= 4 is 6.16 Å².